The summed E-state index contributed by atoms with van der Waals surface area (Å²) in [5.74, 6) is 0.810. The highest BCUT2D eigenvalue weighted by Gasteiger charge is 2.52. The number of hydrogen-bond donors (Lipinski definition) is 3. The summed E-state index contributed by atoms with van der Waals surface area (Å²) in [5, 5.41) is 7.72. The fourth-order valence-electron chi connectivity index (χ4n) is 10.5. The van der Waals surface area contributed by atoms with E-state index in [0.717, 1.165) is 87.7 Å². The van der Waals surface area contributed by atoms with Crippen LogP contribution in [0, 0.1) is 17.8 Å². The molecule has 1 aromatic heterocycles. The second kappa shape index (κ2) is 16.9. The standard InChI is InChI=1S/C47H55N7O7/c1-26(2)39(51-46(57)59-3)44(55)53-19-5-6-38(53)37-24-33(25-48-37)28-9-7-27(8-10-28)30-12-15-35-31(22-30)13-16-36-41(35)50-43(49-36)42-32-11-14-34(23-32)54(42)45(56)40(52-47(58)60-4)29-17-20-61-21-18-29/h7-10,12-13,15-16,22,25-26,29,32,34,38-40,42H,5-6,11,14,17-21,23-24H2,1-4H3,(H,49,50)(H,51,57)(H,52,58)/t32-,34+,38-,39-,40-,42-/m0/s1. The molecule has 14 heteroatoms. The maximum atomic E-state index is 14.5. The predicted octanol–water partition coefficient (Wildman–Crippen LogP) is 7.14. The van der Waals surface area contributed by atoms with Crippen LogP contribution in [0.15, 0.2) is 65.8 Å². The van der Waals surface area contributed by atoms with Crippen molar-refractivity contribution in [3.8, 4) is 11.1 Å². The molecule has 4 amide bonds. The van der Waals surface area contributed by atoms with Crippen molar-refractivity contribution in [1.29, 1.82) is 0 Å². The molecule has 3 aromatic carbocycles. The Morgan fingerprint density at radius 3 is 2.34 bits per heavy atom. The van der Waals surface area contributed by atoms with E-state index >= 15 is 0 Å². The molecular formula is C47H55N7O7. The summed E-state index contributed by atoms with van der Waals surface area (Å²) in [5.41, 5.74) is 7.16. The van der Waals surface area contributed by atoms with Crippen LogP contribution in [0.25, 0.3) is 38.5 Å². The Morgan fingerprint density at radius 1 is 0.852 bits per heavy atom. The molecular weight excluding hydrogens is 775 g/mol. The second-order valence-corrected chi connectivity index (χ2v) is 17.6. The number of benzene rings is 3. The number of methoxy groups -OCH3 is 2. The quantitative estimate of drug-likeness (QED) is 0.152. The number of amides is 4. The second-order valence-electron chi connectivity index (χ2n) is 17.6. The Balaban J connectivity index is 0.902. The van der Waals surface area contributed by atoms with Crippen LogP contribution in [0.2, 0.25) is 0 Å². The molecule has 3 saturated heterocycles. The van der Waals surface area contributed by atoms with Crippen LogP contribution in [-0.2, 0) is 23.8 Å². The molecule has 5 heterocycles. The number of aromatic amines is 1. The number of alkyl carbamates (subject to hydrolysis) is 2. The average Bonchev–Trinajstić information content (AvgIpc) is 4.15. The Bertz CT molecular complexity index is 2400. The summed E-state index contributed by atoms with van der Waals surface area (Å²) < 4.78 is 15.3. The molecule has 61 heavy (non-hydrogen) atoms. The molecule has 3 N–H and O–H groups in total. The summed E-state index contributed by atoms with van der Waals surface area (Å²) in [6.45, 7) is 5.60. The lowest BCUT2D eigenvalue weighted by Gasteiger charge is -2.39. The third kappa shape index (κ3) is 7.75. The number of allylic oxidation sites excluding steroid dienone is 1. The van der Waals surface area contributed by atoms with Gasteiger partial charge in [-0.2, -0.15) is 0 Å². The Morgan fingerprint density at radius 2 is 1.59 bits per heavy atom. The van der Waals surface area contributed by atoms with E-state index in [2.05, 4.69) is 70.2 Å². The number of nitrogens with one attached hydrogen (secondary N) is 3. The first-order valence-electron chi connectivity index (χ1n) is 21.8. The highest BCUT2D eigenvalue weighted by Crippen LogP contribution is 2.50. The first-order chi connectivity index (χ1) is 29.6. The first-order valence-corrected chi connectivity index (χ1v) is 21.8. The number of nitrogens with zero attached hydrogens (tertiary/aromatic N) is 4. The molecule has 1 saturated carbocycles. The predicted molar refractivity (Wildman–Crippen MR) is 232 cm³/mol. The lowest BCUT2D eigenvalue weighted by atomic mass is 9.89. The number of likely N-dealkylation sites (tertiary alicyclic amines) is 2. The van der Waals surface area contributed by atoms with Gasteiger partial charge in [-0.1, -0.05) is 56.3 Å². The molecule has 0 unspecified atom stereocenters. The number of imidazole rings is 1. The molecule has 0 spiro atoms. The number of ether oxygens (including phenoxy) is 3. The van der Waals surface area contributed by atoms with Gasteiger partial charge >= 0.3 is 12.2 Å². The molecule has 5 aliphatic rings. The highest BCUT2D eigenvalue weighted by atomic mass is 16.5. The van der Waals surface area contributed by atoms with Gasteiger partial charge in [-0.05, 0) is 102 Å². The molecule has 4 fully saturated rings. The third-order valence-electron chi connectivity index (χ3n) is 13.7. The Labute approximate surface area is 355 Å². The van der Waals surface area contributed by atoms with Gasteiger partial charge in [0.05, 0.1) is 37.3 Å². The van der Waals surface area contributed by atoms with Crippen molar-refractivity contribution >= 4 is 57.1 Å². The molecule has 1 aliphatic carbocycles. The van der Waals surface area contributed by atoms with Crippen LogP contribution in [0.4, 0.5) is 9.59 Å². The van der Waals surface area contributed by atoms with E-state index in [4.69, 9.17) is 24.2 Å². The lowest BCUT2D eigenvalue weighted by molar-refractivity contribution is -0.140. The van der Waals surface area contributed by atoms with Gasteiger partial charge in [0.25, 0.3) is 0 Å². The SMILES string of the molecule is COC(=O)N[C@H](C(=O)N1CCC[C@H]1C1=NC=C(c2ccc(-c3ccc4c(ccc5[nH]c([C@@H]6[C@H]7CC[C@H](C7)N6C(=O)[C@@H](NC(=O)OC)C6CCOCC6)nc54)c3)cc2)C1)C(C)C. The van der Waals surface area contributed by atoms with Gasteiger partial charge in [-0.15, -0.1) is 0 Å². The van der Waals surface area contributed by atoms with Crippen molar-refractivity contribution in [2.75, 3.05) is 34.0 Å². The average molecular weight is 830 g/mol. The minimum absolute atomic E-state index is 0.0266. The van der Waals surface area contributed by atoms with Crippen LogP contribution >= 0.6 is 0 Å². The van der Waals surface area contributed by atoms with E-state index in [1.165, 1.54) is 14.2 Å². The topological polar surface area (TPSA) is 168 Å². The van der Waals surface area contributed by atoms with Crippen LogP contribution < -0.4 is 10.6 Å². The number of aromatic nitrogens is 2. The fourth-order valence-corrected chi connectivity index (χ4v) is 10.5. The van der Waals surface area contributed by atoms with Crippen LogP contribution in [0.5, 0.6) is 0 Å². The molecule has 4 aromatic rings. The third-order valence-corrected chi connectivity index (χ3v) is 13.7. The zero-order valence-corrected chi connectivity index (χ0v) is 35.3. The number of carbonyl (C=O) groups excluding carboxylic acids is 4. The number of piperidine rings is 1. The fraction of sp³-hybridized carbons (Fsp3) is 0.489. The van der Waals surface area contributed by atoms with Crippen molar-refractivity contribution in [3.05, 3.63) is 72.2 Å². The normalized spacial score (nSPS) is 23.6. The van der Waals surface area contributed by atoms with Gasteiger partial charge in [0.15, 0.2) is 0 Å². The van der Waals surface area contributed by atoms with Crippen molar-refractivity contribution in [2.24, 2.45) is 22.7 Å². The maximum Gasteiger partial charge on any atom is 0.407 e. The highest BCUT2D eigenvalue weighted by molar-refractivity contribution is 6.06. The maximum absolute atomic E-state index is 14.5. The van der Waals surface area contributed by atoms with Crippen LogP contribution in [0.1, 0.15) is 82.6 Å². The summed E-state index contributed by atoms with van der Waals surface area (Å²) in [6, 6.07) is 17.7. The Hall–Kier alpha value is -5.76. The number of H-pyrrole nitrogens is 1. The Kier molecular flexibility index (Phi) is 11.3. The minimum Gasteiger partial charge on any atom is -0.453 e. The van der Waals surface area contributed by atoms with E-state index < -0.39 is 24.3 Å². The van der Waals surface area contributed by atoms with Crippen molar-refractivity contribution in [1.82, 2.24) is 30.4 Å². The smallest absolute Gasteiger partial charge is 0.407 e. The van der Waals surface area contributed by atoms with Crippen molar-refractivity contribution in [3.63, 3.8) is 0 Å². The molecule has 2 bridgehead atoms. The van der Waals surface area contributed by atoms with Crippen molar-refractivity contribution < 1.29 is 33.4 Å². The van der Waals surface area contributed by atoms with Crippen LogP contribution in [-0.4, -0.2) is 108 Å². The monoisotopic (exact) mass is 829 g/mol. The van der Waals surface area contributed by atoms with E-state index in [9.17, 15) is 19.2 Å². The van der Waals surface area contributed by atoms with Crippen molar-refractivity contribution in [2.45, 2.75) is 95.4 Å². The summed E-state index contributed by atoms with van der Waals surface area (Å²) in [7, 11) is 2.63. The number of aliphatic imine (C=N–C) groups is 1. The van der Waals surface area contributed by atoms with E-state index in [-0.39, 0.29) is 41.8 Å². The minimum atomic E-state index is -0.682. The first kappa shape index (κ1) is 40.6. The van der Waals surface area contributed by atoms with Gasteiger partial charge < -0.3 is 39.6 Å². The number of carbonyl (C=O) groups is 4. The van der Waals surface area contributed by atoms with E-state index in [1.807, 2.05) is 29.8 Å². The van der Waals surface area contributed by atoms with E-state index in [0.29, 0.717) is 44.9 Å². The summed E-state index contributed by atoms with van der Waals surface area (Å²) in [4.78, 5) is 70.1. The molecule has 14 nitrogen and oxygen atoms in total. The number of rotatable bonds is 10. The van der Waals surface area contributed by atoms with Gasteiger partial charge in [0.1, 0.15) is 17.9 Å². The molecule has 6 atom stereocenters. The van der Waals surface area contributed by atoms with Crippen LogP contribution in [0.3, 0.4) is 0 Å². The summed E-state index contributed by atoms with van der Waals surface area (Å²) >= 11 is 0. The number of fused-ring (bicyclic) bond motifs is 5. The lowest BCUT2D eigenvalue weighted by Crippen LogP contribution is -2.55. The largest absolute Gasteiger partial charge is 0.453 e. The zero-order chi connectivity index (χ0) is 42.4. The van der Waals surface area contributed by atoms with E-state index in [1.54, 1.807) is 0 Å². The molecule has 4 aliphatic heterocycles. The van der Waals surface area contributed by atoms with Gasteiger partial charge in [0.2, 0.25) is 11.8 Å². The van der Waals surface area contributed by atoms with Gasteiger partial charge in [0, 0.05) is 49.5 Å². The molecule has 320 valence electrons. The summed E-state index contributed by atoms with van der Waals surface area (Å²) in [6.07, 6.45) is 7.43. The zero-order valence-electron chi connectivity index (χ0n) is 35.3. The van der Waals surface area contributed by atoms with Gasteiger partial charge in [-0.25, -0.2) is 14.6 Å². The molecule has 9 rings (SSSR count). The number of hydrogen-bond acceptors (Lipinski definition) is 9. The molecule has 0 radical (unpaired) electrons. The van der Waals surface area contributed by atoms with Gasteiger partial charge in [-0.3, -0.25) is 14.6 Å².